The van der Waals surface area contributed by atoms with Gasteiger partial charge in [0.1, 0.15) is 0 Å². The Morgan fingerprint density at radius 1 is 1.13 bits per heavy atom. The lowest BCUT2D eigenvalue weighted by molar-refractivity contribution is 0.590. The second-order valence-electron chi connectivity index (χ2n) is 6.60. The molecule has 120 valence electrons. The number of nitrogens with two attached hydrogens (primary N) is 1. The van der Waals surface area contributed by atoms with Crippen LogP contribution < -0.4 is 11.3 Å². The lowest BCUT2D eigenvalue weighted by Crippen LogP contribution is -2.25. The number of nitrogens with zero attached hydrogens (tertiary/aromatic N) is 1. The van der Waals surface area contributed by atoms with Gasteiger partial charge in [0, 0.05) is 12.3 Å². The Hall–Kier alpha value is -2.20. The molecule has 2 N–H and O–H groups in total. The van der Waals surface area contributed by atoms with Crippen molar-refractivity contribution in [2.45, 2.75) is 32.7 Å². The SMILES string of the molecule is CC(C)(C)c1ccc(/C=C/c2ccn(CC(N)=S)c(=O)c2)cc1. The minimum Gasteiger partial charge on any atom is -0.392 e. The summed E-state index contributed by atoms with van der Waals surface area (Å²) >= 11 is 4.83. The molecule has 0 saturated heterocycles. The first kappa shape index (κ1) is 17.2. The highest BCUT2D eigenvalue weighted by Gasteiger charge is 2.12. The minimum absolute atomic E-state index is 0.108. The fraction of sp³-hybridized carbons (Fsp3) is 0.263. The molecule has 2 rings (SSSR count). The molecule has 1 aromatic carbocycles. The zero-order valence-corrected chi connectivity index (χ0v) is 14.6. The quantitative estimate of drug-likeness (QED) is 0.873. The molecule has 0 aliphatic carbocycles. The highest BCUT2D eigenvalue weighted by Crippen LogP contribution is 2.22. The monoisotopic (exact) mass is 326 g/mol. The maximum atomic E-state index is 12.0. The van der Waals surface area contributed by atoms with Gasteiger partial charge in [0.15, 0.2) is 0 Å². The molecule has 0 radical (unpaired) electrons. The van der Waals surface area contributed by atoms with Crippen LogP contribution in [-0.4, -0.2) is 9.56 Å². The summed E-state index contributed by atoms with van der Waals surface area (Å²) < 4.78 is 1.50. The third-order valence-electron chi connectivity index (χ3n) is 3.59. The molecule has 1 heterocycles. The number of rotatable bonds is 4. The molecule has 4 heteroatoms. The van der Waals surface area contributed by atoms with Gasteiger partial charge in [-0.1, -0.05) is 69.4 Å². The van der Waals surface area contributed by atoms with Crippen molar-refractivity contribution in [3.8, 4) is 0 Å². The van der Waals surface area contributed by atoms with Gasteiger partial charge in [-0.15, -0.1) is 0 Å². The van der Waals surface area contributed by atoms with E-state index in [0.29, 0.717) is 4.99 Å². The summed E-state index contributed by atoms with van der Waals surface area (Å²) in [5, 5.41) is 0. The van der Waals surface area contributed by atoms with Crippen LogP contribution in [0, 0.1) is 0 Å². The zero-order valence-electron chi connectivity index (χ0n) is 13.7. The van der Waals surface area contributed by atoms with Crippen molar-refractivity contribution in [3.63, 3.8) is 0 Å². The van der Waals surface area contributed by atoms with E-state index >= 15 is 0 Å². The van der Waals surface area contributed by atoms with E-state index in [1.165, 1.54) is 10.1 Å². The third kappa shape index (κ3) is 4.89. The molecule has 0 amide bonds. The van der Waals surface area contributed by atoms with Crippen molar-refractivity contribution in [2.75, 3.05) is 0 Å². The molecule has 23 heavy (non-hydrogen) atoms. The van der Waals surface area contributed by atoms with Crippen LogP contribution in [0.3, 0.4) is 0 Å². The predicted molar refractivity (Wildman–Crippen MR) is 102 cm³/mol. The predicted octanol–water partition coefficient (Wildman–Crippen LogP) is 3.60. The van der Waals surface area contributed by atoms with Gasteiger partial charge in [0.25, 0.3) is 5.56 Å². The third-order valence-corrected chi connectivity index (χ3v) is 3.72. The summed E-state index contributed by atoms with van der Waals surface area (Å²) in [7, 11) is 0. The molecule has 0 saturated carbocycles. The molecule has 2 aromatic rings. The molecule has 0 fully saturated rings. The molecule has 3 nitrogen and oxygen atoms in total. The van der Waals surface area contributed by atoms with E-state index in [-0.39, 0.29) is 17.5 Å². The summed E-state index contributed by atoms with van der Waals surface area (Å²) in [6.45, 7) is 6.85. The first-order chi connectivity index (χ1) is 10.8. The Bertz CT molecular complexity index is 780. The van der Waals surface area contributed by atoms with Gasteiger partial charge >= 0.3 is 0 Å². The van der Waals surface area contributed by atoms with Crippen LogP contribution in [-0.2, 0) is 12.0 Å². The van der Waals surface area contributed by atoms with Gasteiger partial charge in [-0.3, -0.25) is 4.79 Å². The number of thiocarbonyl (C=S) groups is 1. The van der Waals surface area contributed by atoms with Crippen molar-refractivity contribution in [1.82, 2.24) is 4.57 Å². The molecule has 0 atom stereocenters. The van der Waals surface area contributed by atoms with Gasteiger partial charge in [0.05, 0.1) is 11.5 Å². The first-order valence-corrected chi connectivity index (χ1v) is 7.94. The molecular formula is C19H22N2OS. The van der Waals surface area contributed by atoms with Crippen molar-refractivity contribution in [3.05, 3.63) is 69.6 Å². The number of benzene rings is 1. The Kier molecular flexibility index (Phi) is 5.16. The zero-order chi connectivity index (χ0) is 17.0. The summed E-state index contributed by atoms with van der Waals surface area (Å²) in [5.74, 6) is 0. The van der Waals surface area contributed by atoms with Crippen LogP contribution in [0.25, 0.3) is 12.2 Å². The van der Waals surface area contributed by atoms with Gasteiger partial charge < -0.3 is 10.3 Å². The van der Waals surface area contributed by atoms with E-state index < -0.39 is 0 Å². The fourth-order valence-corrected chi connectivity index (χ4v) is 2.35. The van der Waals surface area contributed by atoms with Crippen LogP contribution in [0.2, 0.25) is 0 Å². The topological polar surface area (TPSA) is 48.0 Å². The second kappa shape index (κ2) is 6.92. The van der Waals surface area contributed by atoms with Crippen LogP contribution in [0.4, 0.5) is 0 Å². The maximum Gasteiger partial charge on any atom is 0.251 e. The molecule has 0 aliphatic heterocycles. The average molecular weight is 326 g/mol. The minimum atomic E-state index is -0.108. The summed E-state index contributed by atoms with van der Waals surface area (Å²) in [5.41, 5.74) is 8.77. The van der Waals surface area contributed by atoms with Gasteiger partial charge in [-0.05, 0) is 28.2 Å². The van der Waals surface area contributed by atoms with Gasteiger partial charge in [0.2, 0.25) is 0 Å². The lowest BCUT2D eigenvalue weighted by Gasteiger charge is -2.18. The smallest absolute Gasteiger partial charge is 0.251 e. The van der Waals surface area contributed by atoms with Crippen LogP contribution in [0.1, 0.15) is 37.5 Å². The highest BCUT2D eigenvalue weighted by molar-refractivity contribution is 7.80. The summed E-state index contributed by atoms with van der Waals surface area (Å²) in [4.78, 5) is 12.3. The Morgan fingerprint density at radius 3 is 2.26 bits per heavy atom. The average Bonchev–Trinajstić information content (AvgIpc) is 2.47. The summed E-state index contributed by atoms with van der Waals surface area (Å²) in [6.07, 6.45) is 5.64. The van der Waals surface area contributed by atoms with Gasteiger partial charge in [-0.25, -0.2) is 0 Å². The van der Waals surface area contributed by atoms with E-state index in [2.05, 4.69) is 45.0 Å². The number of aromatic nitrogens is 1. The van der Waals surface area contributed by atoms with E-state index in [4.69, 9.17) is 18.0 Å². The largest absolute Gasteiger partial charge is 0.392 e. The first-order valence-electron chi connectivity index (χ1n) is 7.53. The molecule has 0 spiro atoms. The number of hydrogen-bond acceptors (Lipinski definition) is 2. The van der Waals surface area contributed by atoms with Crippen LogP contribution in [0.5, 0.6) is 0 Å². The Morgan fingerprint density at radius 2 is 1.74 bits per heavy atom. The molecule has 0 bridgehead atoms. The molecule has 0 unspecified atom stereocenters. The van der Waals surface area contributed by atoms with Crippen molar-refractivity contribution in [1.29, 1.82) is 0 Å². The molecule has 0 aliphatic rings. The maximum absolute atomic E-state index is 12.0. The Balaban J connectivity index is 2.15. The summed E-state index contributed by atoms with van der Waals surface area (Å²) in [6, 6.07) is 11.9. The normalized spacial score (nSPS) is 11.8. The van der Waals surface area contributed by atoms with Crippen molar-refractivity contribution >= 4 is 29.4 Å². The highest BCUT2D eigenvalue weighted by atomic mass is 32.1. The van der Waals surface area contributed by atoms with E-state index in [0.717, 1.165) is 11.1 Å². The second-order valence-corrected chi connectivity index (χ2v) is 7.12. The van der Waals surface area contributed by atoms with Crippen LogP contribution >= 0.6 is 12.2 Å². The van der Waals surface area contributed by atoms with Crippen molar-refractivity contribution < 1.29 is 0 Å². The number of hydrogen-bond donors (Lipinski definition) is 1. The van der Waals surface area contributed by atoms with Crippen LogP contribution in [0.15, 0.2) is 47.4 Å². The number of pyridine rings is 1. The van der Waals surface area contributed by atoms with Crippen molar-refractivity contribution in [2.24, 2.45) is 5.73 Å². The van der Waals surface area contributed by atoms with Gasteiger partial charge in [-0.2, -0.15) is 0 Å². The van der Waals surface area contributed by atoms with E-state index in [1.807, 2.05) is 18.2 Å². The Labute approximate surface area is 142 Å². The van der Waals surface area contributed by atoms with E-state index in [1.54, 1.807) is 12.3 Å². The molecular weight excluding hydrogens is 304 g/mol. The van der Waals surface area contributed by atoms with E-state index in [9.17, 15) is 4.79 Å². The fourth-order valence-electron chi connectivity index (χ4n) is 2.21. The molecule has 1 aromatic heterocycles. The standard InChI is InChI=1S/C19H22N2OS/c1-19(2,3)16-8-6-14(7-9-16)4-5-15-10-11-21(13-17(20)23)18(22)12-15/h4-12H,13H2,1-3H3,(H2,20,23)/b5-4+. The lowest BCUT2D eigenvalue weighted by atomic mass is 9.87.